The molecule has 0 spiro atoms. The molecule has 0 bridgehead atoms. The molecule has 0 aliphatic carbocycles. The summed E-state index contributed by atoms with van der Waals surface area (Å²) in [6, 6.07) is 5.36. The van der Waals surface area contributed by atoms with Gasteiger partial charge in [0.2, 0.25) is 11.8 Å². The lowest BCUT2D eigenvalue weighted by Gasteiger charge is -2.31. The van der Waals surface area contributed by atoms with E-state index in [9.17, 15) is 12.8 Å². The third-order valence-electron chi connectivity index (χ3n) is 4.80. The summed E-state index contributed by atoms with van der Waals surface area (Å²) < 4.78 is 48.4. The molecule has 11 heteroatoms. The Hall–Kier alpha value is -2.92. The fraction of sp³-hybridized carbons (Fsp3) is 0.368. The molecule has 30 heavy (non-hydrogen) atoms. The van der Waals surface area contributed by atoms with Gasteiger partial charge < -0.3 is 14.2 Å². The average Bonchev–Trinajstić information content (AvgIpc) is 3.21. The monoisotopic (exact) mass is 433 g/mol. The average molecular weight is 433 g/mol. The Kier molecular flexibility index (Phi) is 5.73. The molecule has 0 amide bonds. The van der Waals surface area contributed by atoms with Gasteiger partial charge in [0.1, 0.15) is 12.4 Å². The Labute approximate surface area is 172 Å². The van der Waals surface area contributed by atoms with Crippen LogP contribution in [0.15, 0.2) is 46.1 Å². The minimum absolute atomic E-state index is 0.0334. The van der Waals surface area contributed by atoms with E-state index in [1.807, 2.05) is 0 Å². The second-order valence-corrected chi connectivity index (χ2v) is 8.99. The van der Waals surface area contributed by atoms with Crippen LogP contribution in [0.5, 0.6) is 0 Å². The molecule has 4 rings (SSSR count). The molecule has 158 valence electrons. The van der Waals surface area contributed by atoms with E-state index in [4.69, 9.17) is 9.26 Å². The summed E-state index contributed by atoms with van der Waals surface area (Å²) in [5.41, 5.74) is 0.0635. The van der Waals surface area contributed by atoms with Crippen LogP contribution in [-0.4, -0.2) is 54.0 Å². The Balaban J connectivity index is 1.34. The number of benzene rings is 1. The second-order valence-electron chi connectivity index (χ2n) is 6.97. The summed E-state index contributed by atoms with van der Waals surface area (Å²) in [5, 5.41) is 3.77. The number of rotatable bonds is 6. The summed E-state index contributed by atoms with van der Waals surface area (Å²) in [6.07, 6.45) is 6.10. The summed E-state index contributed by atoms with van der Waals surface area (Å²) in [4.78, 5) is 14.7. The fourth-order valence-corrected chi connectivity index (χ4v) is 3.83. The molecule has 0 unspecified atom stereocenters. The van der Waals surface area contributed by atoms with E-state index in [2.05, 4.69) is 25.0 Å². The topological polar surface area (TPSA) is 111 Å². The molecule has 3 aromatic rings. The number of hydrogen-bond acceptors (Lipinski definition) is 9. The van der Waals surface area contributed by atoms with Crippen molar-refractivity contribution in [2.45, 2.75) is 30.4 Å². The Morgan fingerprint density at radius 3 is 2.63 bits per heavy atom. The zero-order chi connectivity index (χ0) is 21.1. The highest BCUT2D eigenvalue weighted by Crippen LogP contribution is 2.24. The van der Waals surface area contributed by atoms with Crippen molar-refractivity contribution in [1.29, 1.82) is 0 Å². The normalized spacial score (nSPS) is 15.5. The maximum atomic E-state index is 14.3. The molecule has 0 saturated carbocycles. The van der Waals surface area contributed by atoms with Crippen LogP contribution in [0.25, 0.3) is 11.4 Å². The Bertz CT molecular complexity index is 1110. The molecule has 1 saturated heterocycles. The van der Waals surface area contributed by atoms with Crippen LogP contribution in [0.3, 0.4) is 0 Å². The molecule has 3 heterocycles. The number of anilines is 1. The van der Waals surface area contributed by atoms with Crippen molar-refractivity contribution in [2.75, 3.05) is 24.2 Å². The van der Waals surface area contributed by atoms with E-state index in [-0.39, 0.29) is 34.9 Å². The van der Waals surface area contributed by atoms with Gasteiger partial charge in [-0.25, -0.2) is 22.8 Å². The van der Waals surface area contributed by atoms with E-state index < -0.39 is 15.7 Å². The first kappa shape index (κ1) is 20.4. The maximum Gasteiger partial charge on any atom is 0.252 e. The molecule has 1 aliphatic heterocycles. The summed E-state index contributed by atoms with van der Waals surface area (Å²) in [7, 11) is -3.50. The van der Waals surface area contributed by atoms with Crippen molar-refractivity contribution in [1.82, 2.24) is 20.1 Å². The molecule has 0 N–H and O–H groups in total. The minimum Gasteiger partial charge on any atom is -0.368 e. The van der Waals surface area contributed by atoms with Crippen LogP contribution in [-0.2, 0) is 21.2 Å². The molecule has 0 radical (unpaired) electrons. The molecule has 1 aliphatic rings. The lowest BCUT2D eigenvalue weighted by Crippen LogP contribution is -2.37. The van der Waals surface area contributed by atoms with Crippen LogP contribution in [0.2, 0.25) is 0 Å². The van der Waals surface area contributed by atoms with Crippen LogP contribution in [0.1, 0.15) is 18.7 Å². The van der Waals surface area contributed by atoms with Crippen LogP contribution in [0, 0.1) is 5.82 Å². The highest BCUT2D eigenvalue weighted by atomic mass is 32.2. The number of halogens is 1. The van der Waals surface area contributed by atoms with Crippen molar-refractivity contribution in [3.63, 3.8) is 0 Å². The van der Waals surface area contributed by atoms with Gasteiger partial charge in [-0.15, -0.1) is 0 Å². The number of ether oxygens (including phenoxy) is 1. The fourth-order valence-electron chi connectivity index (χ4n) is 3.20. The summed E-state index contributed by atoms with van der Waals surface area (Å²) in [5.74, 6) is 0.246. The van der Waals surface area contributed by atoms with Crippen LogP contribution < -0.4 is 4.90 Å². The third kappa shape index (κ3) is 4.62. The SMILES string of the molecule is CS(=O)(=O)c1ccc(-c2noc(COC3CCN(c4ncccn4)CC3)n2)c(F)c1. The Morgan fingerprint density at radius 2 is 1.97 bits per heavy atom. The molecular weight excluding hydrogens is 413 g/mol. The van der Waals surface area contributed by atoms with E-state index in [1.54, 1.807) is 18.5 Å². The van der Waals surface area contributed by atoms with Crippen molar-refractivity contribution in [3.05, 3.63) is 48.4 Å². The van der Waals surface area contributed by atoms with E-state index in [0.29, 0.717) is 5.95 Å². The largest absolute Gasteiger partial charge is 0.368 e. The van der Waals surface area contributed by atoms with Gasteiger partial charge in [-0.3, -0.25) is 0 Å². The first-order valence-corrected chi connectivity index (χ1v) is 11.3. The van der Waals surface area contributed by atoms with Crippen LogP contribution >= 0.6 is 0 Å². The van der Waals surface area contributed by atoms with Crippen molar-refractivity contribution >= 4 is 15.8 Å². The Morgan fingerprint density at radius 1 is 1.23 bits per heavy atom. The van der Waals surface area contributed by atoms with Gasteiger partial charge in [0.15, 0.2) is 9.84 Å². The predicted molar refractivity (Wildman–Crippen MR) is 105 cm³/mol. The van der Waals surface area contributed by atoms with E-state index >= 15 is 0 Å². The van der Waals surface area contributed by atoms with Crippen LogP contribution in [0.4, 0.5) is 10.3 Å². The molecule has 1 aromatic carbocycles. The minimum atomic E-state index is -3.50. The van der Waals surface area contributed by atoms with Gasteiger partial charge in [-0.1, -0.05) is 5.16 Å². The highest BCUT2D eigenvalue weighted by Gasteiger charge is 2.22. The number of hydrogen-bond donors (Lipinski definition) is 0. The van der Waals surface area contributed by atoms with Crippen molar-refractivity contribution in [3.8, 4) is 11.4 Å². The smallest absolute Gasteiger partial charge is 0.252 e. The molecule has 2 aromatic heterocycles. The second kappa shape index (κ2) is 8.44. The number of sulfone groups is 1. The van der Waals surface area contributed by atoms with Crippen molar-refractivity contribution in [2.24, 2.45) is 0 Å². The quantitative estimate of drug-likeness (QED) is 0.578. The third-order valence-corrected chi connectivity index (χ3v) is 5.91. The van der Waals surface area contributed by atoms with Gasteiger partial charge in [0.25, 0.3) is 5.89 Å². The molecule has 0 atom stereocenters. The standard InChI is InChI=1S/C19H20FN5O4S/c1-30(26,27)14-3-4-15(16(20)11-14)18-23-17(29-24-18)12-28-13-5-9-25(10-6-13)19-21-7-2-8-22-19/h2-4,7-8,11,13H,5-6,9-10,12H2,1H3. The summed E-state index contributed by atoms with van der Waals surface area (Å²) in [6.45, 7) is 1.67. The molecule has 9 nitrogen and oxygen atoms in total. The summed E-state index contributed by atoms with van der Waals surface area (Å²) >= 11 is 0. The number of nitrogens with zero attached hydrogens (tertiary/aromatic N) is 5. The zero-order valence-electron chi connectivity index (χ0n) is 16.2. The van der Waals surface area contributed by atoms with Gasteiger partial charge in [0, 0.05) is 31.7 Å². The molecular formula is C19H20FN5O4S. The molecule has 1 fully saturated rings. The van der Waals surface area contributed by atoms with E-state index in [1.165, 1.54) is 12.1 Å². The lowest BCUT2D eigenvalue weighted by molar-refractivity contribution is 0.0119. The van der Waals surface area contributed by atoms with E-state index in [0.717, 1.165) is 38.3 Å². The van der Waals surface area contributed by atoms with Gasteiger partial charge in [0.05, 0.1) is 16.6 Å². The first-order valence-electron chi connectivity index (χ1n) is 9.36. The first-order chi connectivity index (χ1) is 14.4. The van der Waals surface area contributed by atoms with Gasteiger partial charge >= 0.3 is 0 Å². The number of piperidine rings is 1. The number of aromatic nitrogens is 4. The highest BCUT2D eigenvalue weighted by molar-refractivity contribution is 7.90. The predicted octanol–water partition coefficient (Wildman–Crippen LogP) is 2.25. The van der Waals surface area contributed by atoms with Gasteiger partial charge in [-0.2, -0.15) is 4.98 Å². The van der Waals surface area contributed by atoms with Gasteiger partial charge in [-0.05, 0) is 37.1 Å². The van der Waals surface area contributed by atoms with Crippen molar-refractivity contribution < 1.29 is 22.1 Å². The zero-order valence-corrected chi connectivity index (χ0v) is 17.0. The lowest BCUT2D eigenvalue weighted by atomic mass is 10.1. The maximum absolute atomic E-state index is 14.3.